The normalized spacial score (nSPS) is 32.0. The fourth-order valence-corrected chi connectivity index (χ4v) is 2.10. The van der Waals surface area contributed by atoms with Gasteiger partial charge in [-0.05, 0) is 17.9 Å². The lowest BCUT2D eigenvalue weighted by Crippen LogP contribution is -2.34. The number of esters is 1. The van der Waals surface area contributed by atoms with E-state index in [2.05, 4.69) is 9.47 Å². The van der Waals surface area contributed by atoms with Crippen molar-refractivity contribution in [2.45, 2.75) is 18.8 Å². The number of hydrogen-bond donors (Lipinski definition) is 0. The molecule has 2 aliphatic carbocycles. The Morgan fingerprint density at radius 2 is 2.13 bits per heavy atom. The van der Waals surface area contributed by atoms with Crippen LogP contribution in [0.3, 0.4) is 0 Å². The molecule has 0 aliphatic heterocycles. The molecule has 1 saturated carbocycles. The third kappa shape index (κ3) is 1.50. The summed E-state index contributed by atoms with van der Waals surface area (Å²) in [6.07, 6.45) is 0.319. The highest BCUT2D eigenvalue weighted by atomic mass is 19.3. The third-order valence-corrected chi connectivity index (χ3v) is 2.98. The van der Waals surface area contributed by atoms with Crippen LogP contribution in [0, 0.1) is 11.8 Å². The van der Waals surface area contributed by atoms with Crippen LogP contribution in [0.15, 0.2) is 11.3 Å². The van der Waals surface area contributed by atoms with Gasteiger partial charge in [0.25, 0.3) is 0 Å². The topological polar surface area (TPSA) is 35.5 Å². The number of carbonyl (C=O) groups is 1. The van der Waals surface area contributed by atoms with Crippen molar-refractivity contribution in [1.82, 2.24) is 0 Å². The monoisotopic (exact) mass is 218 g/mol. The molecule has 5 heteroatoms. The zero-order valence-electron chi connectivity index (χ0n) is 8.55. The highest BCUT2D eigenvalue weighted by Crippen LogP contribution is 2.56. The molecule has 0 aromatic heterocycles. The van der Waals surface area contributed by atoms with Gasteiger partial charge in [-0.15, -0.1) is 0 Å². The third-order valence-electron chi connectivity index (χ3n) is 2.98. The molecule has 3 nitrogen and oxygen atoms in total. The molecule has 0 heterocycles. The van der Waals surface area contributed by atoms with Gasteiger partial charge in [-0.25, -0.2) is 0 Å². The number of halogens is 2. The number of carbonyl (C=O) groups excluding carboxylic acids is 1. The molecule has 2 rings (SSSR count). The lowest BCUT2D eigenvalue weighted by molar-refractivity contribution is -0.142. The zero-order valence-corrected chi connectivity index (χ0v) is 8.55. The van der Waals surface area contributed by atoms with Crippen molar-refractivity contribution in [3.8, 4) is 0 Å². The first kappa shape index (κ1) is 10.4. The van der Waals surface area contributed by atoms with Gasteiger partial charge in [0.1, 0.15) is 0 Å². The van der Waals surface area contributed by atoms with Gasteiger partial charge in [-0.3, -0.25) is 4.79 Å². The van der Waals surface area contributed by atoms with E-state index in [1.807, 2.05) is 0 Å². The molecular formula is C10H12F2O3. The molecule has 84 valence electrons. The minimum Gasteiger partial charge on any atom is -0.495 e. The smallest absolute Gasteiger partial charge is 0.309 e. The lowest BCUT2D eigenvalue weighted by atomic mass is 9.87. The molecule has 0 amide bonds. The van der Waals surface area contributed by atoms with Gasteiger partial charge in [-0.1, -0.05) is 0 Å². The van der Waals surface area contributed by atoms with Crippen LogP contribution in [0.2, 0.25) is 0 Å². The van der Waals surface area contributed by atoms with Gasteiger partial charge >= 0.3 is 11.9 Å². The maximum atomic E-state index is 13.0. The van der Waals surface area contributed by atoms with Gasteiger partial charge in [-0.2, -0.15) is 8.78 Å². The predicted octanol–water partition coefficient (Wildman–Crippen LogP) is 1.74. The van der Waals surface area contributed by atoms with E-state index in [1.54, 1.807) is 0 Å². The van der Waals surface area contributed by atoms with Crippen molar-refractivity contribution in [2.24, 2.45) is 11.8 Å². The second-order valence-electron chi connectivity index (χ2n) is 3.91. The fraction of sp³-hybridized carbons (Fsp3) is 0.700. The molecule has 0 N–H and O–H groups in total. The Bertz CT molecular complexity index is 336. The summed E-state index contributed by atoms with van der Waals surface area (Å²) in [4.78, 5) is 11.1. The first-order valence-electron chi connectivity index (χ1n) is 4.74. The van der Waals surface area contributed by atoms with E-state index in [-0.39, 0.29) is 30.0 Å². The Balaban J connectivity index is 2.07. The fourth-order valence-electron chi connectivity index (χ4n) is 2.10. The zero-order chi connectivity index (χ0) is 11.2. The quantitative estimate of drug-likeness (QED) is 0.677. The Hall–Kier alpha value is -1.13. The maximum Gasteiger partial charge on any atom is 0.309 e. The van der Waals surface area contributed by atoms with Crippen LogP contribution in [-0.4, -0.2) is 26.1 Å². The molecular weight excluding hydrogens is 206 g/mol. The van der Waals surface area contributed by atoms with Gasteiger partial charge < -0.3 is 9.47 Å². The molecule has 15 heavy (non-hydrogen) atoms. The van der Waals surface area contributed by atoms with Crippen molar-refractivity contribution in [2.75, 3.05) is 14.2 Å². The van der Waals surface area contributed by atoms with Crippen molar-refractivity contribution >= 4 is 5.97 Å². The summed E-state index contributed by atoms with van der Waals surface area (Å²) in [6.45, 7) is 0. The summed E-state index contributed by atoms with van der Waals surface area (Å²) in [5.74, 6) is -3.75. The summed E-state index contributed by atoms with van der Waals surface area (Å²) in [7, 11) is 2.54. The number of allylic oxidation sites excluding steroid dienone is 2. The van der Waals surface area contributed by atoms with E-state index in [4.69, 9.17) is 0 Å². The van der Waals surface area contributed by atoms with E-state index < -0.39 is 5.92 Å². The SMILES string of the molecule is COC(=O)[C@@H]1C[C@@H]1C1=C(OC)C(F)(F)C1. The highest BCUT2D eigenvalue weighted by Gasteiger charge is 2.57. The molecule has 0 radical (unpaired) electrons. The first-order valence-corrected chi connectivity index (χ1v) is 4.74. The summed E-state index contributed by atoms with van der Waals surface area (Å²) in [6, 6.07) is 0. The van der Waals surface area contributed by atoms with E-state index in [0.717, 1.165) is 0 Å². The molecule has 0 bridgehead atoms. The average molecular weight is 218 g/mol. The molecule has 0 aromatic carbocycles. The molecule has 0 spiro atoms. The number of ether oxygens (including phenoxy) is 2. The Morgan fingerprint density at radius 3 is 2.60 bits per heavy atom. The van der Waals surface area contributed by atoms with Crippen LogP contribution < -0.4 is 0 Å². The van der Waals surface area contributed by atoms with Gasteiger partial charge in [0.2, 0.25) is 0 Å². The van der Waals surface area contributed by atoms with Crippen LogP contribution in [-0.2, 0) is 14.3 Å². The van der Waals surface area contributed by atoms with E-state index in [9.17, 15) is 13.6 Å². The Labute approximate surface area is 86.0 Å². The summed E-state index contributed by atoms with van der Waals surface area (Å²) in [5.41, 5.74) is 0.581. The standard InChI is InChI=1S/C10H12F2O3/c1-14-8-7(4-10(8,11)12)5-3-6(5)9(13)15-2/h5-6H,3-4H2,1-2H3/t5-,6+/m0/s1. The summed E-state index contributed by atoms with van der Waals surface area (Å²) in [5, 5.41) is 0. The highest BCUT2D eigenvalue weighted by molar-refractivity contribution is 5.76. The summed E-state index contributed by atoms with van der Waals surface area (Å²) >= 11 is 0. The van der Waals surface area contributed by atoms with Gasteiger partial charge in [0.05, 0.1) is 20.1 Å². The lowest BCUT2D eigenvalue weighted by Gasteiger charge is -2.31. The molecule has 0 aromatic rings. The van der Waals surface area contributed by atoms with Crippen LogP contribution in [0.1, 0.15) is 12.8 Å². The second-order valence-corrected chi connectivity index (χ2v) is 3.91. The Kier molecular flexibility index (Phi) is 2.20. The minimum absolute atomic E-state index is 0.0907. The van der Waals surface area contributed by atoms with Crippen LogP contribution >= 0.6 is 0 Å². The molecule has 2 atom stereocenters. The second kappa shape index (κ2) is 3.18. The predicted molar refractivity (Wildman–Crippen MR) is 47.2 cm³/mol. The number of methoxy groups -OCH3 is 2. The van der Waals surface area contributed by atoms with Crippen LogP contribution in [0.25, 0.3) is 0 Å². The largest absolute Gasteiger partial charge is 0.495 e. The molecule has 2 aliphatic rings. The van der Waals surface area contributed by atoms with E-state index in [1.165, 1.54) is 14.2 Å². The van der Waals surface area contributed by atoms with Crippen molar-refractivity contribution in [3.05, 3.63) is 11.3 Å². The van der Waals surface area contributed by atoms with E-state index >= 15 is 0 Å². The Morgan fingerprint density at radius 1 is 1.47 bits per heavy atom. The average Bonchev–Trinajstić information content (AvgIpc) is 2.93. The molecule has 0 saturated heterocycles. The van der Waals surface area contributed by atoms with Crippen molar-refractivity contribution in [1.29, 1.82) is 0 Å². The van der Waals surface area contributed by atoms with Gasteiger partial charge in [0.15, 0.2) is 5.76 Å². The van der Waals surface area contributed by atoms with Gasteiger partial charge in [0, 0.05) is 6.42 Å². The molecule has 1 fully saturated rings. The number of alkyl halides is 2. The minimum atomic E-state index is -2.84. The van der Waals surface area contributed by atoms with Crippen LogP contribution in [0.4, 0.5) is 8.78 Å². The summed E-state index contributed by atoms with van der Waals surface area (Å²) < 4.78 is 35.1. The number of hydrogen-bond acceptors (Lipinski definition) is 3. The van der Waals surface area contributed by atoms with E-state index in [0.29, 0.717) is 12.0 Å². The molecule has 0 unspecified atom stereocenters. The number of rotatable bonds is 3. The first-order chi connectivity index (χ1) is 7.01. The van der Waals surface area contributed by atoms with Crippen molar-refractivity contribution < 1.29 is 23.0 Å². The van der Waals surface area contributed by atoms with Crippen molar-refractivity contribution in [3.63, 3.8) is 0 Å². The van der Waals surface area contributed by atoms with Crippen LogP contribution in [0.5, 0.6) is 0 Å². The maximum absolute atomic E-state index is 13.0.